The number of carbonyl (C=O) groups excluding carboxylic acids is 1. The molecular weight excluding hydrogens is 382 g/mol. The minimum Gasteiger partial charge on any atom is -0.372 e. The van der Waals surface area contributed by atoms with Crippen LogP contribution in [-0.2, 0) is 10.4 Å². The Bertz CT molecular complexity index is 910. The molecule has 0 fully saturated rings. The summed E-state index contributed by atoms with van der Waals surface area (Å²) in [7, 11) is 0. The molecule has 0 spiro atoms. The van der Waals surface area contributed by atoms with E-state index in [4.69, 9.17) is 12.2 Å². The van der Waals surface area contributed by atoms with Gasteiger partial charge in [0.05, 0.1) is 6.04 Å². The van der Waals surface area contributed by atoms with Crippen LogP contribution in [-0.4, -0.2) is 16.1 Å². The van der Waals surface area contributed by atoms with Crippen LogP contribution in [0.25, 0.3) is 0 Å². The van der Waals surface area contributed by atoms with Crippen LogP contribution in [0.5, 0.6) is 0 Å². The van der Waals surface area contributed by atoms with E-state index in [-0.39, 0.29) is 11.2 Å². The first-order valence-electron chi connectivity index (χ1n) is 9.27. The number of hydrogen-bond acceptors (Lipinski definition) is 3. The summed E-state index contributed by atoms with van der Waals surface area (Å²) in [6.07, 6.45) is 0. The normalized spacial score (nSPS) is 11.9. The van der Waals surface area contributed by atoms with Gasteiger partial charge in [-0.1, -0.05) is 91.0 Å². The fourth-order valence-corrected chi connectivity index (χ4v) is 3.28. The van der Waals surface area contributed by atoms with E-state index in [0.29, 0.717) is 11.1 Å². The summed E-state index contributed by atoms with van der Waals surface area (Å²) >= 11 is 5.29. The fraction of sp³-hybridized carbons (Fsp3) is 0.130. The van der Waals surface area contributed by atoms with E-state index in [9.17, 15) is 9.90 Å². The van der Waals surface area contributed by atoms with Gasteiger partial charge in [0.1, 0.15) is 0 Å². The van der Waals surface area contributed by atoms with Crippen LogP contribution in [0.1, 0.15) is 29.7 Å². The van der Waals surface area contributed by atoms with Crippen molar-refractivity contribution in [2.75, 3.05) is 0 Å². The number of thiocarbonyl (C=S) groups is 1. The predicted octanol–water partition coefficient (Wildman–Crippen LogP) is 3.18. The lowest BCUT2D eigenvalue weighted by molar-refractivity contribution is -0.137. The summed E-state index contributed by atoms with van der Waals surface area (Å²) in [5, 5.41) is 14.7. The molecule has 5 nitrogen and oxygen atoms in total. The Morgan fingerprint density at radius 1 is 0.828 bits per heavy atom. The first kappa shape index (κ1) is 20.5. The van der Waals surface area contributed by atoms with Gasteiger partial charge in [-0.2, -0.15) is 0 Å². The average molecular weight is 406 g/mol. The summed E-state index contributed by atoms with van der Waals surface area (Å²) in [5.74, 6) is -0.633. The first-order chi connectivity index (χ1) is 14.0. The lowest BCUT2D eigenvalue weighted by atomic mass is 9.85. The number of aliphatic hydroxyl groups is 1. The van der Waals surface area contributed by atoms with Crippen molar-refractivity contribution in [1.82, 2.24) is 16.2 Å². The second kappa shape index (κ2) is 9.32. The van der Waals surface area contributed by atoms with Gasteiger partial charge < -0.3 is 10.4 Å². The van der Waals surface area contributed by atoms with Gasteiger partial charge in [0.2, 0.25) is 0 Å². The molecule has 0 aliphatic rings. The molecule has 0 aliphatic carbocycles. The summed E-state index contributed by atoms with van der Waals surface area (Å²) < 4.78 is 0. The summed E-state index contributed by atoms with van der Waals surface area (Å²) in [6.45, 7) is 1.97. The summed E-state index contributed by atoms with van der Waals surface area (Å²) in [4.78, 5) is 13.0. The van der Waals surface area contributed by atoms with Crippen molar-refractivity contribution >= 4 is 23.2 Å². The monoisotopic (exact) mass is 405 g/mol. The highest BCUT2D eigenvalue weighted by molar-refractivity contribution is 7.80. The van der Waals surface area contributed by atoms with E-state index in [1.165, 1.54) is 0 Å². The third-order valence-corrected chi connectivity index (χ3v) is 4.87. The molecule has 0 saturated heterocycles. The van der Waals surface area contributed by atoms with Gasteiger partial charge in [-0.25, -0.2) is 0 Å². The quantitative estimate of drug-likeness (QED) is 0.388. The predicted molar refractivity (Wildman–Crippen MR) is 118 cm³/mol. The van der Waals surface area contributed by atoms with E-state index in [0.717, 1.165) is 5.56 Å². The summed E-state index contributed by atoms with van der Waals surface area (Å²) in [6, 6.07) is 27.4. The SMILES string of the molecule is C[C@H](NC(=S)NNC(=O)C(O)(c1ccccc1)c1ccccc1)c1ccccc1. The lowest BCUT2D eigenvalue weighted by Gasteiger charge is -2.28. The largest absolute Gasteiger partial charge is 0.372 e. The molecule has 3 rings (SSSR count). The number of rotatable bonds is 5. The van der Waals surface area contributed by atoms with E-state index in [1.54, 1.807) is 48.5 Å². The highest BCUT2D eigenvalue weighted by atomic mass is 32.1. The minimum atomic E-state index is -1.86. The van der Waals surface area contributed by atoms with Crippen molar-refractivity contribution in [2.45, 2.75) is 18.6 Å². The number of nitrogens with one attached hydrogen (secondary N) is 3. The van der Waals surface area contributed by atoms with E-state index < -0.39 is 11.5 Å². The molecule has 0 saturated carbocycles. The first-order valence-corrected chi connectivity index (χ1v) is 9.68. The maximum atomic E-state index is 13.0. The van der Waals surface area contributed by atoms with Crippen molar-refractivity contribution in [3.8, 4) is 0 Å². The van der Waals surface area contributed by atoms with E-state index >= 15 is 0 Å². The van der Waals surface area contributed by atoms with Crippen LogP contribution in [0.3, 0.4) is 0 Å². The molecule has 0 bridgehead atoms. The van der Waals surface area contributed by atoms with Crippen LogP contribution in [0.2, 0.25) is 0 Å². The fourth-order valence-electron chi connectivity index (χ4n) is 3.05. The standard InChI is InChI=1S/C23H23N3O2S/c1-17(18-11-5-2-6-12-18)24-22(29)26-25-21(27)23(28,19-13-7-3-8-14-19)20-15-9-4-10-16-20/h2-17,28H,1H3,(H,25,27)(H2,24,26,29)/t17-/m0/s1. The number of amides is 1. The lowest BCUT2D eigenvalue weighted by Crippen LogP contribution is -2.54. The molecule has 29 heavy (non-hydrogen) atoms. The Kier molecular flexibility index (Phi) is 6.59. The molecule has 3 aromatic carbocycles. The molecule has 6 heteroatoms. The van der Waals surface area contributed by atoms with Crippen molar-refractivity contribution in [3.63, 3.8) is 0 Å². The topological polar surface area (TPSA) is 73.4 Å². The molecule has 1 amide bonds. The molecule has 3 aromatic rings. The second-order valence-electron chi connectivity index (χ2n) is 6.63. The molecule has 4 N–H and O–H groups in total. The van der Waals surface area contributed by atoms with Crippen LogP contribution in [0.15, 0.2) is 91.0 Å². The Morgan fingerprint density at radius 2 is 1.28 bits per heavy atom. The maximum Gasteiger partial charge on any atom is 0.279 e. The molecule has 0 aliphatic heterocycles. The van der Waals surface area contributed by atoms with Crippen LogP contribution < -0.4 is 16.2 Å². The van der Waals surface area contributed by atoms with Crippen LogP contribution in [0, 0.1) is 0 Å². The van der Waals surface area contributed by atoms with Gasteiger partial charge in [0.25, 0.3) is 5.91 Å². The molecule has 0 unspecified atom stereocenters. The van der Waals surface area contributed by atoms with Crippen molar-refractivity contribution < 1.29 is 9.90 Å². The van der Waals surface area contributed by atoms with Crippen LogP contribution >= 0.6 is 12.2 Å². The Balaban J connectivity index is 1.72. The minimum absolute atomic E-state index is 0.0461. The number of benzene rings is 3. The highest BCUT2D eigenvalue weighted by Crippen LogP contribution is 2.29. The third kappa shape index (κ3) is 4.80. The number of hydrazine groups is 1. The number of carbonyl (C=O) groups is 1. The van der Waals surface area contributed by atoms with Crippen LogP contribution in [0.4, 0.5) is 0 Å². The van der Waals surface area contributed by atoms with Crippen molar-refractivity contribution in [3.05, 3.63) is 108 Å². The van der Waals surface area contributed by atoms with E-state index in [2.05, 4.69) is 16.2 Å². The zero-order valence-corrected chi connectivity index (χ0v) is 16.8. The molecule has 1 atom stereocenters. The van der Waals surface area contributed by atoms with Gasteiger partial charge >= 0.3 is 0 Å². The van der Waals surface area contributed by atoms with Gasteiger partial charge in [-0.05, 0) is 35.8 Å². The molecule has 0 aromatic heterocycles. The zero-order valence-electron chi connectivity index (χ0n) is 16.0. The zero-order chi connectivity index (χ0) is 20.7. The van der Waals surface area contributed by atoms with E-state index in [1.807, 2.05) is 49.4 Å². The second-order valence-corrected chi connectivity index (χ2v) is 7.04. The van der Waals surface area contributed by atoms with Crippen molar-refractivity contribution in [1.29, 1.82) is 0 Å². The molecular formula is C23H23N3O2S. The molecule has 0 heterocycles. The van der Waals surface area contributed by atoms with Gasteiger partial charge in [0.15, 0.2) is 10.7 Å². The van der Waals surface area contributed by atoms with Gasteiger partial charge in [-0.3, -0.25) is 15.6 Å². The average Bonchev–Trinajstić information content (AvgIpc) is 2.78. The Hall–Kier alpha value is -3.22. The molecule has 148 valence electrons. The third-order valence-electron chi connectivity index (χ3n) is 4.65. The Morgan fingerprint density at radius 3 is 1.76 bits per heavy atom. The number of hydrogen-bond donors (Lipinski definition) is 4. The van der Waals surface area contributed by atoms with Crippen molar-refractivity contribution in [2.24, 2.45) is 0 Å². The van der Waals surface area contributed by atoms with Gasteiger partial charge in [-0.15, -0.1) is 0 Å². The smallest absolute Gasteiger partial charge is 0.279 e. The van der Waals surface area contributed by atoms with Gasteiger partial charge in [0, 0.05) is 0 Å². The molecule has 0 radical (unpaired) electrons. The maximum absolute atomic E-state index is 13.0. The Labute approximate surface area is 175 Å². The highest BCUT2D eigenvalue weighted by Gasteiger charge is 2.40. The summed E-state index contributed by atoms with van der Waals surface area (Å²) in [5.41, 5.74) is 5.34.